The van der Waals surface area contributed by atoms with Crippen molar-refractivity contribution in [2.24, 2.45) is 0 Å². The molecule has 0 N–H and O–H groups in total. The van der Waals surface area contributed by atoms with Gasteiger partial charge in [-0.25, -0.2) is 0 Å². The van der Waals surface area contributed by atoms with Gasteiger partial charge in [-0.05, 0) is 17.2 Å². The molecule has 0 nitrogen and oxygen atoms in total. The molecule has 2 aromatic rings. The summed E-state index contributed by atoms with van der Waals surface area (Å²) >= 11 is 0. The van der Waals surface area contributed by atoms with Crippen molar-refractivity contribution in [3.63, 3.8) is 0 Å². The third-order valence-electron chi connectivity index (χ3n) is 2.21. The molecule has 0 atom stereocenters. The van der Waals surface area contributed by atoms with Crippen LogP contribution in [0.4, 0.5) is 0 Å². The minimum Gasteiger partial charge on any atom is -0.0622 e. The van der Waals surface area contributed by atoms with Crippen molar-refractivity contribution in [3.05, 3.63) is 90.0 Å². The molecular formula is C16H13. The van der Waals surface area contributed by atoms with Crippen molar-refractivity contribution in [1.29, 1.82) is 0 Å². The summed E-state index contributed by atoms with van der Waals surface area (Å²) in [5.41, 5.74) is 2.30. The molecule has 0 aliphatic heterocycles. The van der Waals surface area contributed by atoms with E-state index in [4.69, 9.17) is 0 Å². The van der Waals surface area contributed by atoms with E-state index in [1.165, 1.54) is 5.56 Å². The fourth-order valence-corrected chi connectivity index (χ4v) is 1.40. The Labute approximate surface area is 96.6 Å². The number of benzene rings is 2. The van der Waals surface area contributed by atoms with Gasteiger partial charge < -0.3 is 0 Å². The zero-order valence-electron chi connectivity index (χ0n) is 9.01. The van der Waals surface area contributed by atoms with Gasteiger partial charge in [-0.2, -0.15) is 0 Å². The van der Waals surface area contributed by atoms with Gasteiger partial charge in [0, 0.05) is 0 Å². The Hall–Kier alpha value is -2.08. The van der Waals surface area contributed by atoms with Crippen molar-refractivity contribution in [1.82, 2.24) is 0 Å². The lowest BCUT2D eigenvalue weighted by atomic mass is 10.2. The monoisotopic (exact) mass is 205 g/mol. The lowest BCUT2D eigenvalue weighted by Crippen LogP contribution is -1.70. The largest absolute Gasteiger partial charge is 0.0622 e. The number of hydrogen-bond acceptors (Lipinski definition) is 0. The van der Waals surface area contributed by atoms with E-state index in [0.717, 1.165) is 5.56 Å². The average molecular weight is 205 g/mol. The van der Waals surface area contributed by atoms with Crippen LogP contribution in [0, 0.1) is 6.08 Å². The molecule has 1 radical (unpaired) electrons. The second-order valence-electron chi connectivity index (χ2n) is 3.45. The molecule has 0 aromatic heterocycles. The van der Waals surface area contributed by atoms with Crippen molar-refractivity contribution in [2.45, 2.75) is 0 Å². The van der Waals surface area contributed by atoms with Crippen LogP contribution in [0.25, 0.3) is 6.08 Å². The predicted molar refractivity (Wildman–Crippen MR) is 68.8 cm³/mol. The summed E-state index contributed by atoms with van der Waals surface area (Å²) < 4.78 is 0. The van der Waals surface area contributed by atoms with Gasteiger partial charge in [0.15, 0.2) is 0 Å². The molecule has 0 fully saturated rings. The highest BCUT2D eigenvalue weighted by Gasteiger charge is 1.82. The van der Waals surface area contributed by atoms with E-state index in [1.807, 2.05) is 60.7 Å². The van der Waals surface area contributed by atoms with Crippen LogP contribution in [0.1, 0.15) is 11.1 Å². The number of rotatable bonds is 3. The molecule has 0 saturated carbocycles. The van der Waals surface area contributed by atoms with Crippen LogP contribution in [0.3, 0.4) is 0 Å². The zero-order valence-corrected chi connectivity index (χ0v) is 9.01. The first kappa shape index (κ1) is 10.4. The average Bonchev–Trinajstić information content (AvgIpc) is 2.37. The standard InChI is InChI=1S/C16H13/c1-3-9-15(10-4-1)13-7-8-14-16-11-5-2-6-12-16/h1-13H/b13-7+,14-8?. The predicted octanol–water partition coefficient (Wildman–Crippen LogP) is 4.11. The van der Waals surface area contributed by atoms with E-state index in [1.54, 1.807) is 0 Å². The molecule has 2 rings (SSSR count). The van der Waals surface area contributed by atoms with E-state index in [-0.39, 0.29) is 0 Å². The van der Waals surface area contributed by atoms with Crippen LogP contribution in [0.5, 0.6) is 0 Å². The summed E-state index contributed by atoms with van der Waals surface area (Å²) in [6.07, 6.45) is 9.20. The van der Waals surface area contributed by atoms with Gasteiger partial charge in [0.05, 0.1) is 0 Å². The van der Waals surface area contributed by atoms with Gasteiger partial charge in [-0.1, -0.05) is 78.9 Å². The molecule has 2 aromatic carbocycles. The van der Waals surface area contributed by atoms with E-state index in [9.17, 15) is 0 Å². The minimum absolute atomic E-state index is 1.10. The first-order valence-corrected chi connectivity index (χ1v) is 5.32. The molecule has 0 unspecified atom stereocenters. The van der Waals surface area contributed by atoms with Gasteiger partial charge in [-0.3, -0.25) is 0 Å². The van der Waals surface area contributed by atoms with Crippen molar-refractivity contribution in [3.8, 4) is 0 Å². The molecule has 0 heterocycles. The second-order valence-corrected chi connectivity index (χ2v) is 3.45. The van der Waals surface area contributed by atoms with Crippen LogP contribution in [-0.2, 0) is 0 Å². The molecular weight excluding hydrogens is 192 g/mol. The van der Waals surface area contributed by atoms with Gasteiger partial charge >= 0.3 is 0 Å². The Morgan fingerprint density at radius 1 is 0.750 bits per heavy atom. The quantitative estimate of drug-likeness (QED) is 0.661. The Morgan fingerprint density at radius 2 is 1.38 bits per heavy atom. The van der Waals surface area contributed by atoms with E-state index in [2.05, 4.69) is 24.3 Å². The molecule has 0 aliphatic carbocycles. The van der Waals surface area contributed by atoms with Gasteiger partial charge in [0.2, 0.25) is 0 Å². The first-order valence-electron chi connectivity index (χ1n) is 5.32. The highest BCUT2D eigenvalue weighted by atomic mass is 13.9. The van der Waals surface area contributed by atoms with Crippen molar-refractivity contribution >= 4 is 6.08 Å². The van der Waals surface area contributed by atoms with Crippen molar-refractivity contribution < 1.29 is 0 Å². The third kappa shape index (κ3) is 3.25. The highest BCUT2D eigenvalue weighted by molar-refractivity contribution is 5.50. The second kappa shape index (κ2) is 5.72. The summed E-state index contributed by atoms with van der Waals surface area (Å²) in [5, 5.41) is 0. The number of hydrogen-bond donors (Lipinski definition) is 0. The fraction of sp³-hybridized carbons (Fsp3) is 0. The normalized spacial score (nSPS) is 11.2. The Balaban J connectivity index is 1.98. The topological polar surface area (TPSA) is 0 Å². The maximum Gasteiger partial charge on any atom is -0.0105 e. The Bertz CT molecular complexity index is 416. The summed E-state index contributed by atoms with van der Waals surface area (Å²) in [5.74, 6) is 0. The molecule has 0 amide bonds. The van der Waals surface area contributed by atoms with Crippen LogP contribution in [0.15, 0.2) is 72.8 Å². The summed E-state index contributed by atoms with van der Waals surface area (Å²) in [7, 11) is 0. The smallest absolute Gasteiger partial charge is 0.0105 e. The van der Waals surface area contributed by atoms with Crippen LogP contribution >= 0.6 is 0 Å². The molecule has 16 heavy (non-hydrogen) atoms. The molecule has 0 aliphatic rings. The van der Waals surface area contributed by atoms with Crippen LogP contribution in [-0.4, -0.2) is 0 Å². The maximum atomic E-state index is 3.20. The first-order chi connectivity index (χ1) is 7.95. The van der Waals surface area contributed by atoms with Gasteiger partial charge in [0.1, 0.15) is 0 Å². The molecule has 0 bridgehead atoms. The highest BCUT2D eigenvalue weighted by Crippen LogP contribution is 2.02. The van der Waals surface area contributed by atoms with E-state index in [0.29, 0.717) is 0 Å². The Morgan fingerprint density at radius 3 is 2.06 bits per heavy atom. The molecule has 0 spiro atoms. The maximum absolute atomic E-state index is 3.20. The summed E-state index contributed by atoms with van der Waals surface area (Å²) in [4.78, 5) is 0. The lowest BCUT2D eigenvalue weighted by Gasteiger charge is -1.89. The third-order valence-corrected chi connectivity index (χ3v) is 2.21. The summed E-state index contributed by atoms with van der Waals surface area (Å²) in [6, 6.07) is 20.3. The number of allylic oxidation sites excluding steroid dienone is 2. The lowest BCUT2D eigenvalue weighted by molar-refractivity contribution is 1.57. The SMILES string of the molecule is [C](=C\C=C\c1ccccc1)/c1ccccc1. The van der Waals surface area contributed by atoms with Crippen LogP contribution in [0.2, 0.25) is 0 Å². The minimum atomic E-state index is 1.10. The van der Waals surface area contributed by atoms with Gasteiger partial charge in [-0.15, -0.1) is 0 Å². The van der Waals surface area contributed by atoms with Crippen LogP contribution < -0.4 is 0 Å². The van der Waals surface area contributed by atoms with Crippen molar-refractivity contribution in [2.75, 3.05) is 0 Å². The molecule has 0 saturated heterocycles. The molecule has 0 heteroatoms. The summed E-state index contributed by atoms with van der Waals surface area (Å²) in [6.45, 7) is 0. The fourth-order valence-electron chi connectivity index (χ4n) is 1.40. The Kier molecular flexibility index (Phi) is 3.73. The van der Waals surface area contributed by atoms with Gasteiger partial charge in [0.25, 0.3) is 0 Å². The van der Waals surface area contributed by atoms with E-state index < -0.39 is 0 Å². The molecule has 77 valence electrons. The van der Waals surface area contributed by atoms with E-state index >= 15 is 0 Å². The zero-order chi connectivity index (χ0) is 11.1.